The molecule has 98 valence electrons. The third-order valence-electron chi connectivity index (χ3n) is 2.20. The van der Waals surface area contributed by atoms with Crippen LogP contribution in [0.3, 0.4) is 0 Å². The largest absolute Gasteiger partial charge is 0.464 e. The van der Waals surface area contributed by atoms with Crippen molar-refractivity contribution in [1.29, 1.82) is 0 Å². The number of alkyl halides is 1. The van der Waals surface area contributed by atoms with E-state index in [-0.39, 0.29) is 29.5 Å². The topological polar surface area (TPSA) is 43.4 Å². The molecule has 1 rings (SSSR count). The predicted octanol–water partition coefficient (Wildman–Crippen LogP) is 2.98. The van der Waals surface area contributed by atoms with Crippen LogP contribution in [0.25, 0.3) is 0 Å². The first-order valence-corrected chi connectivity index (χ1v) is 7.12. The highest BCUT2D eigenvalue weighted by Gasteiger charge is 2.16. The van der Waals surface area contributed by atoms with Gasteiger partial charge in [0.25, 0.3) is 0 Å². The Kier molecular flexibility index (Phi) is 6.83. The van der Waals surface area contributed by atoms with Crippen LogP contribution < -0.4 is 0 Å². The molecule has 0 saturated carbocycles. The van der Waals surface area contributed by atoms with Crippen molar-refractivity contribution in [3.63, 3.8) is 0 Å². The number of thioether (sulfide) groups is 1. The van der Waals surface area contributed by atoms with Gasteiger partial charge in [0, 0.05) is 11.3 Å². The summed E-state index contributed by atoms with van der Waals surface area (Å²) in [4.78, 5) is 23.2. The first-order chi connectivity index (χ1) is 8.65. The molecule has 0 fully saturated rings. The molecule has 3 nitrogen and oxygen atoms in total. The highest BCUT2D eigenvalue weighted by atomic mass is 35.5. The second-order valence-electron chi connectivity index (χ2n) is 3.72. The van der Waals surface area contributed by atoms with Crippen molar-refractivity contribution in [2.45, 2.75) is 6.92 Å². The minimum absolute atomic E-state index is 0.0346. The summed E-state index contributed by atoms with van der Waals surface area (Å²) in [6.07, 6.45) is 0. The summed E-state index contributed by atoms with van der Waals surface area (Å²) in [6, 6.07) is 8.99. The molecule has 0 bridgehead atoms. The summed E-state index contributed by atoms with van der Waals surface area (Å²) in [6.45, 7) is 1.95. The van der Waals surface area contributed by atoms with Gasteiger partial charge < -0.3 is 4.74 Å². The summed E-state index contributed by atoms with van der Waals surface area (Å²) >= 11 is 6.55. The van der Waals surface area contributed by atoms with Crippen molar-refractivity contribution in [3.05, 3.63) is 35.9 Å². The van der Waals surface area contributed by atoms with Crippen LogP contribution in [0.1, 0.15) is 17.3 Å². The second kappa shape index (κ2) is 8.16. The summed E-state index contributed by atoms with van der Waals surface area (Å²) < 4.78 is 4.90. The van der Waals surface area contributed by atoms with E-state index in [0.29, 0.717) is 11.3 Å². The summed E-state index contributed by atoms with van der Waals surface area (Å²) in [5.41, 5.74) is 0.642. The Morgan fingerprint density at radius 1 is 1.33 bits per heavy atom. The fraction of sp³-hybridized carbons (Fsp3) is 0.385. The molecule has 1 aromatic carbocycles. The zero-order valence-electron chi connectivity index (χ0n) is 10.1. The molecule has 0 saturated heterocycles. The number of carbonyl (C=O) groups excluding carboxylic acids is 2. The molecular formula is C13H15ClO3S. The fourth-order valence-electron chi connectivity index (χ4n) is 1.21. The highest BCUT2D eigenvalue weighted by molar-refractivity contribution is 8.14. The molecule has 0 aliphatic rings. The van der Waals surface area contributed by atoms with Crippen LogP contribution in [-0.2, 0) is 9.53 Å². The summed E-state index contributed by atoms with van der Waals surface area (Å²) in [7, 11) is 0. The van der Waals surface area contributed by atoms with E-state index in [4.69, 9.17) is 16.3 Å². The number of benzene rings is 1. The molecule has 0 aliphatic heterocycles. The molecular weight excluding hydrogens is 272 g/mol. The Labute approximate surface area is 116 Å². The molecule has 0 unspecified atom stereocenters. The smallest absolute Gasteiger partial charge is 0.309 e. The molecule has 5 heteroatoms. The van der Waals surface area contributed by atoms with Gasteiger partial charge in [-0.25, -0.2) is 0 Å². The van der Waals surface area contributed by atoms with Crippen molar-refractivity contribution < 1.29 is 14.3 Å². The van der Waals surface area contributed by atoms with Crippen LogP contribution >= 0.6 is 23.4 Å². The number of rotatable bonds is 6. The average molecular weight is 287 g/mol. The van der Waals surface area contributed by atoms with Crippen LogP contribution in [0, 0.1) is 5.92 Å². The van der Waals surface area contributed by atoms with Gasteiger partial charge in [-0.05, 0) is 0 Å². The maximum atomic E-state index is 11.8. The van der Waals surface area contributed by atoms with Crippen LogP contribution in [0.4, 0.5) is 0 Å². The number of halogens is 1. The number of esters is 1. The molecule has 0 N–H and O–H groups in total. The Morgan fingerprint density at radius 2 is 2.00 bits per heavy atom. The number of hydrogen-bond acceptors (Lipinski definition) is 4. The van der Waals surface area contributed by atoms with Gasteiger partial charge in [0.15, 0.2) is 0 Å². The van der Waals surface area contributed by atoms with Crippen molar-refractivity contribution in [2.24, 2.45) is 5.92 Å². The average Bonchev–Trinajstić information content (AvgIpc) is 2.42. The van der Waals surface area contributed by atoms with Crippen molar-refractivity contribution in [3.8, 4) is 0 Å². The van der Waals surface area contributed by atoms with Crippen molar-refractivity contribution in [2.75, 3.05) is 18.2 Å². The maximum Gasteiger partial charge on any atom is 0.309 e. The second-order valence-corrected chi connectivity index (χ2v) is 5.09. The Balaban J connectivity index is 2.36. The SMILES string of the molecule is C[C@H](CSC(=O)c1ccccc1)C(=O)OCCCl. The molecule has 0 radical (unpaired) electrons. The molecule has 1 aromatic rings. The Bertz CT molecular complexity index is 394. The summed E-state index contributed by atoms with van der Waals surface area (Å²) in [5.74, 6) is 0.0681. The van der Waals surface area contributed by atoms with E-state index in [9.17, 15) is 9.59 Å². The molecule has 0 aliphatic carbocycles. The normalized spacial score (nSPS) is 11.9. The number of hydrogen-bond donors (Lipinski definition) is 0. The molecule has 18 heavy (non-hydrogen) atoms. The lowest BCUT2D eigenvalue weighted by Gasteiger charge is -2.09. The Hall–Kier alpha value is -1.00. The lowest BCUT2D eigenvalue weighted by Crippen LogP contribution is -2.18. The molecule has 0 amide bonds. The van der Waals surface area contributed by atoms with Crippen LogP contribution in [0.2, 0.25) is 0 Å². The van der Waals surface area contributed by atoms with Crippen molar-refractivity contribution in [1.82, 2.24) is 0 Å². The van der Waals surface area contributed by atoms with Gasteiger partial charge >= 0.3 is 5.97 Å². The van der Waals surface area contributed by atoms with E-state index in [1.165, 1.54) is 0 Å². The highest BCUT2D eigenvalue weighted by Crippen LogP contribution is 2.16. The zero-order valence-corrected chi connectivity index (χ0v) is 11.7. The third kappa shape index (κ3) is 5.10. The van der Waals surface area contributed by atoms with E-state index in [0.717, 1.165) is 11.8 Å². The molecule has 0 aromatic heterocycles. The van der Waals surface area contributed by atoms with E-state index in [2.05, 4.69) is 0 Å². The number of carbonyl (C=O) groups is 2. The first kappa shape index (κ1) is 15.1. The van der Waals surface area contributed by atoms with Crippen molar-refractivity contribution >= 4 is 34.4 Å². The van der Waals surface area contributed by atoms with Crippen LogP contribution in [0.5, 0.6) is 0 Å². The van der Waals surface area contributed by atoms with Gasteiger partial charge in [-0.2, -0.15) is 0 Å². The first-order valence-electron chi connectivity index (χ1n) is 5.60. The third-order valence-corrected chi connectivity index (χ3v) is 3.52. The minimum atomic E-state index is -0.316. The maximum absolute atomic E-state index is 11.8. The van der Waals surface area contributed by atoms with Gasteiger partial charge in [-0.1, -0.05) is 49.0 Å². The Morgan fingerprint density at radius 3 is 2.61 bits per heavy atom. The lowest BCUT2D eigenvalue weighted by molar-refractivity contribution is -0.146. The predicted molar refractivity (Wildman–Crippen MR) is 74.1 cm³/mol. The van der Waals surface area contributed by atoms with Gasteiger partial charge in [0.05, 0.1) is 11.8 Å². The number of ether oxygens (including phenoxy) is 1. The molecule has 0 spiro atoms. The van der Waals surface area contributed by atoms with E-state index in [1.807, 2.05) is 18.2 Å². The van der Waals surface area contributed by atoms with E-state index >= 15 is 0 Å². The standard InChI is InChI=1S/C13H15ClO3S/c1-10(12(15)17-8-7-14)9-18-13(16)11-5-3-2-4-6-11/h2-6,10H,7-9H2,1H3/t10-/m1/s1. The molecule has 0 heterocycles. The zero-order chi connectivity index (χ0) is 13.4. The monoisotopic (exact) mass is 286 g/mol. The van der Waals surface area contributed by atoms with E-state index in [1.54, 1.807) is 19.1 Å². The van der Waals surface area contributed by atoms with Crippen LogP contribution in [0.15, 0.2) is 30.3 Å². The quantitative estimate of drug-likeness (QED) is 0.596. The van der Waals surface area contributed by atoms with Gasteiger partial charge in [-0.3, -0.25) is 9.59 Å². The van der Waals surface area contributed by atoms with Gasteiger partial charge in [0.1, 0.15) is 6.61 Å². The van der Waals surface area contributed by atoms with Crippen LogP contribution in [-0.4, -0.2) is 29.3 Å². The van der Waals surface area contributed by atoms with Gasteiger partial charge in [0.2, 0.25) is 5.12 Å². The van der Waals surface area contributed by atoms with Gasteiger partial charge in [-0.15, -0.1) is 11.6 Å². The fourth-order valence-corrected chi connectivity index (χ4v) is 2.13. The van der Waals surface area contributed by atoms with E-state index < -0.39 is 0 Å². The minimum Gasteiger partial charge on any atom is -0.464 e. The molecule has 1 atom stereocenters. The summed E-state index contributed by atoms with van der Waals surface area (Å²) in [5, 5.41) is -0.0346. The lowest BCUT2D eigenvalue weighted by atomic mass is 10.2.